The summed E-state index contributed by atoms with van der Waals surface area (Å²) in [5.74, 6) is 0.520. The summed E-state index contributed by atoms with van der Waals surface area (Å²) in [7, 11) is 0. The molecule has 0 bridgehead atoms. The van der Waals surface area contributed by atoms with Gasteiger partial charge in [0.25, 0.3) is 0 Å². The second-order valence-electron chi connectivity index (χ2n) is 12.4. The van der Waals surface area contributed by atoms with Gasteiger partial charge in [-0.2, -0.15) is 14.7 Å². The number of nitrogens with two attached hydrogens (primary N) is 1. The molecule has 0 fully saturated rings. The highest BCUT2D eigenvalue weighted by atomic mass is 35.5. The Morgan fingerprint density at radius 3 is 1.66 bits per heavy atom. The van der Waals surface area contributed by atoms with E-state index in [-0.39, 0.29) is 13.2 Å². The van der Waals surface area contributed by atoms with Gasteiger partial charge in [0.05, 0.1) is 36.2 Å². The molecule has 5 N–H and O–H groups in total. The molecule has 0 atom stereocenters. The molecule has 6 aromatic heterocycles. The van der Waals surface area contributed by atoms with Crippen LogP contribution in [-0.4, -0.2) is 62.5 Å². The molecule has 8 aromatic rings. The lowest BCUT2D eigenvalue weighted by Crippen LogP contribution is -2.10. The van der Waals surface area contributed by atoms with Gasteiger partial charge in [0.2, 0.25) is 0 Å². The number of halogens is 3. The fourth-order valence-electron chi connectivity index (χ4n) is 5.46. The van der Waals surface area contributed by atoms with Crippen LogP contribution in [0.2, 0.25) is 5.15 Å². The number of fused-ring (bicyclic) bond motifs is 2. The van der Waals surface area contributed by atoms with Crippen molar-refractivity contribution in [3.63, 3.8) is 0 Å². The van der Waals surface area contributed by atoms with Crippen molar-refractivity contribution >= 4 is 28.7 Å². The van der Waals surface area contributed by atoms with Crippen LogP contribution in [0.25, 0.3) is 33.8 Å². The Balaban J connectivity index is 0.000000178. The number of benzene rings is 2. The van der Waals surface area contributed by atoms with Gasteiger partial charge < -0.3 is 21.3 Å². The SMILES string of the molecule is C.Cc1cnn2c(Cl)cc(-c3cncc(F)c3)nc12.Cc1cnn2c(NCCc3ccc(O)cc3)cc(-c3cncc(F)c3)nc12.NCCc1ccc(O)cc1. The first-order valence-corrected chi connectivity index (χ1v) is 17.5. The Hall–Kier alpha value is -6.51. The molecule has 0 aliphatic rings. The molecule has 0 radical (unpaired) electrons. The molecule has 12 nitrogen and oxygen atoms in total. The van der Waals surface area contributed by atoms with E-state index >= 15 is 0 Å². The van der Waals surface area contributed by atoms with Gasteiger partial charge in [-0.1, -0.05) is 43.3 Å². The Morgan fingerprint density at radius 2 is 1.14 bits per heavy atom. The monoisotopic (exact) mass is 778 g/mol. The first-order chi connectivity index (χ1) is 26.6. The predicted molar refractivity (Wildman–Crippen MR) is 215 cm³/mol. The number of hydrogen-bond acceptors (Lipinski definition) is 10. The van der Waals surface area contributed by atoms with E-state index in [0.717, 1.165) is 41.5 Å². The molecule has 0 saturated carbocycles. The van der Waals surface area contributed by atoms with E-state index < -0.39 is 11.6 Å². The summed E-state index contributed by atoms with van der Waals surface area (Å²) in [5.41, 5.74) is 13.2. The fourth-order valence-corrected chi connectivity index (χ4v) is 5.69. The molecule has 0 aliphatic carbocycles. The number of aromatic hydroxyl groups is 2. The summed E-state index contributed by atoms with van der Waals surface area (Å²) in [6, 6.07) is 20.5. The van der Waals surface area contributed by atoms with Crippen LogP contribution >= 0.6 is 11.6 Å². The molecule has 0 unspecified atom stereocenters. The zero-order valence-corrected chi connectivity index (χ0v) is 30.7. The van der Waals surface area contributed by atoms with Crippen LogP contribution in [0, 0.1) is 25.5 Å². The Morgan fingerprint density at radius 1 is 0.661 bits per heavy atom. The van der Waals surface area contributed by atoms with Crippen molar-refractivity contribution in [3.05, 3.63) is 149 Å². The van der Waals surface area contributed by atoms with Crippen molar-refractivity contribution in [2.45, 2.75) is 34.1 Å². The molecule has 0 amide bonds. The molecule has 288 valence electrons. The number of anilines is 1. The molecule has 2 aromatic carbocycles. The van der Waals surface area contributed by atoms with Crippen LogP contribution in [0.15, 0.2) is 110 Å². The van der Waals surface area contributed by atoms with Gasteiger partial charge in [-0.05, 0) is 80.8 Å². The molecule has 0 saturated heterocycles. The number of hydrogen-bond donors (Lipinski definition) is 4. The standard InChI is InChI=1S/C20H18FN5O.C12H8ClFN4.C8H11NO.CH4/c1-13-10-24-26-19(23-7-6-14-2-4-17(27)5-3-14)9-18(25-20(13)26)15-8-16(21)12-22-11-15;1-7-4-16-18-11(13)3-10(17-12(7)18)8-2-9(14)6-15-5-8;9-6-5-7-1-3-8(10)4-2-7;/h2-5,8-12,23,27H,6-7H2,1H3;2-6H,1H3;1-4,10H,5-6,9H2;1H4. The maximum Gasteiger partial charge on any atom is 0.160 e. The number of phenols is 2. The van der Waals surface area contributed by atoms with Crippen LogP contribution < -0.4 is 11.1 Å². The zero-order valence-electron chi connectivity index (χ0n) is 29.9. The molecule has 0 aliphatic heterocycles. The molecular weight excluding hydrogens is 738 g/mol. The number of nitrogens with one attached hydrogen (secondary N) is 1. The first kappa shape index (κ1) is 40.7. The average molecular weight is 779 g/mol. The highest BCUT2D eigenvalue weighted by molar-refractivity contribution is 6.30. The number of phenolic OH excluding ortho intramolecular Hbond substituents is 2. The highest BCUT2D eigenvalue weighted by Gasteiger charge is 2.12. The summed E-state index contributed by atoms with van der Waals surface area (Å²) in [4.78, 5) is 16.7. The van der Waals surface area contributed by atoms with E-state index in [9.17, 15) is 13.9 Å². The fraction of sp³-hybridized carbons (Fsp3) is 0.171. The second kappa shape index (κ2) is 18.7. The molecule has 15 heteroatoms. The van der Waals surface area contributed by atoms with Crippen LogP contribution in [0.5, 0.6) is 11.5 Å². The van der Waals surface area contributed by atoms with Crippen molar-refractivity contribution in [2.24, 2.45) is 5.73 Å². The number of pyridine rings is 2. The smallest absolute Gasteiger partial charge is 0.160 e. The van der Waals surface area contributed by atoms with Crippen molar-refractivity contribution in [3.8, 4) is 34.0 Å². The normalized spacial score (nSPS) is 10.6. The third-order valence-electron chi connectivity index (χ3n) is 8.28. The van der Waals surface area contributed by atoms with E-state index in [0.29, 0.717) is 57.8 Å². The summed E-state index contributed by atoms with van der Waals surface area (Å²) in [5, 5.41) is 30.5. The Labute approximate surface area is 327 Å². The van der Waals surface area contributed by atoms with Crippen LogP contribution in [-0.2, 0) is 12.8 Å². The minimum atomic E-state index is -0.407. The van der Waals surface area contributed by atoms with Gasteiger partial charge >= 0.3 is 0 Å². The van der Waals surface area contributed by atoms with Crippen molar-refractivity contribution in [1.82, 2.24) is 39.2 Å². The van der Waals surface area contributed by atoms with Crippen molar-refractivity contribution in [2.75, 3.05) is 18.4 Å². The summed E-state index contributed by atoms with van der Waals surface area (Å²) in [6.45, 7) is 5.15. The number of aryl methyl sites for hydroxylation is 2. The van der Waals surface area contributed by atoms with E-state index in [1.807, 2.05) is 44.2 Å². The molecule has 6 heterocycles. The van der Waals surface area contributed by atoms with Gasteiger partial charge in [0, 0.05) is 53.3 Å². The third kappa shape index (κ3) is 10.2. The Kier molecular flexibility index (Phi) is 13.6. The quantitative estimate of drug-likeness (QED) is 0.111. The second-order valence-corrected chi connectivity index (χ2v) is 12.8. The van der Waals surface area contributed by atoms with Crippen molar-refractivity contribution < 1.29 is 19.0 Å². The van der Waals surface area contributed by atoms with E-state index in [1.54, 1.807) is 59.6 Å². The highest BCUT2D eigenvalue weighted by Crippen LogP contribution is 2.25. The first-order valence-electron chi connectivity index (χ1n) is 17.2. The predicted octanol–water partition coefficient (Wildman–Crippen LogP) is 8.02. The van der Waals surface area contributed by atoms with Crippen molar-refractivity contribution in [1.29, 1.82) is 0 Å². The maximum atomic E-state index is 13.6. The van der Waals surface area contributed by atoms with E-state index in [4.69, 9.17) is 22.4 Å². The molecular formula is C41H41ClF2N10O2. The molecule has 56 heavy (non-hydrogen) atoms. The number of nitrogens with zero attached hydrogens (tertiary/aromatic N) is 8. The lowest BCUT2D eigenvalue weighted by molar-refractivity contribution is 0.474. The van der Waals surface area contributed by atoms with Gasteiger partial charge in [-0.3, -0.25) is 9.97 Å². The topological polar surface area (TPSA) is 165 Å². The van der Waals surface area contributed by atoms with E-state index in [2.05, 4.69) is 35.5 Å². The van der Waals surface area contributed by atoms with Gasteiger partial charge in [0.15, 0.2) is 11.3 Å². The summed E-state index contributed by atoms with van der Waals surface area (Å²) in [6.07, 6.45) is 10.5. The van der Waals surface area contributed by atoms with Crippen LogP contribution in [0.1, 0.15) is 29.7 Å². The zero-order chi connectivity index (χ0) is 38.9. The maximum absolute atomic E-state index is 13.6. The molecule has 0 spiro atoms. The van der Waals surface area contributed by atoms with E-state index in [1.165, 1.54) is 28.4 Å². The van der Waals surface area contributed by atoms with Gasteiger partial charge in [-0.15, -0.1) is 0 Å². The lowest BCUT2D eigenvalue weighted by Gasteiger charge is -2.11. The largest absolute Gasteiger partial charge is 0.508 e. The minimum Gasteiger partial charge on any atom is -0.508 e. The van der Waals surface area contributed by atoms with Crippen LogP contribution in [0.4, 0.5) is 14.6 Å². The summed E-state index contributed by atoms with van der Waals surface area (Å²) >= 11 is 6.11. The van der Waals surface area contributed by atoms with Gasteiger partial charge in [-0.25, -0.2) is 23.3 Å². The summed E-state index contributed by atoms with van der Waals surface area (Å²) < 4.78 is 30.0. The lowest BCUT2D eigenvalue weighted by atomic mass is 10.1. The molecule has 8 rings (SSSR count). The van der Waals surface area contributed by atoms with Gasteiger partial charge in [0.1, 0.15) is 34.1 Å². The average Bonchev–Trinajstić information content (AvgIpc) is 3.76. The van der Waals surface area contributed by atoms with Crippen LogP contribution in [0.3, 0.4) is 0 Å². The third-order valence-corrected chi connectivity index (χ3v) is 8.55. The number of rotatable bonds is 8. The number of aromatic nitrogens is 8. The Bertz CT molecular complexity index is 2530. The minimum absolute atomic E-state index is 0.